The van der Waals surface area contributed by atoms with Crippen LogP contribution in [0, 0.1) is 4.91 Å². The molecule has 0 unspecified atom stereocenters. The Kier molecular flexibility index (Phi) is 5.62. The highest BCUT2D eigenvalue weighted by molar-refractivity contribution is 5.81. The fourth-order valence-electron chi connectivity index (χ4n) is 1.70. The van der Waals surface area contributed by atoms with Crippen LogP contribution in [-0.4, -0.2) is 17.3 Å². The van der Waals surface area contributed by atoms with E-state index in [1.54, 1.807) is 6.21 Å². The average molecular weight is 296 g/mol. The third-order valence-corrected chi connectivity index (χ3v) is 2.69. The number of nitrogens with zero attached hydrogens (tertiary/aromatic N) is 4. The lowest BCUT2D eigenvalue weighted by Gasteiger charge is -2.15. The van der Waals surface area contributed by atoms with E-state index in [0.717, 1.165) is 16.2 Å². The first kappa shape index (κ1) is 15.2. The standard InChI is InChI=1S/C15H16N6O/c16-15(18-17-11-13-7-3-1-4-8-13)19-21(20-22)12-14-9-5-2-6-10-14/h1-11H,12H2,(H3,16,18,19). The fourth-order valence-corrected chi connectivity index (χ4v) is 1.70. The van der Waals surface area contributed by atoms with Gasteiger partial charge in [-0.1, -0.05) is 60.7 Å². The summed E-state index contributed by atoms with van der Waals surface area (Å²) in [6.45, 7) is 0.267. The molecule has 7 nitrogen and oxygen atoms in total. The Morgan fingerprint density at radius 3 is 2.36 bits per heavy atom. The second-order valence-corrected chi connectivity index (χ2v) is 4.38. The van der Waals surface area contributed by atoms with Gasteiger partial charge in [-0.05, 0) is 11.1 Å². The van der Waals surface area contributed by atoms with Gasteiger partial charge in [0.15, 0.2) is 0 Å². The van der Waals surface area contributed by atoms with Crippen LogP contribution in [0.5, 0.6) is 0 Å². The van der Waals surface area contributed by atoms with Crippen LogP contribution in [0.4, 0.5) is 0 Å². The number of hydrazine groups is 1. The Morgan fingerprint density at radius 1 is 1.09 bits per heavy atom. The molecule has 0 aliphatic carbocycles. The quantitative estimate of drug-likeness (QED) is 0.369. The van der Waals surface area contributed by atoms with Gasteiger partial charge in [-0.25, -0.2) is 5.43 Å². The molecule has 2 aromatic carbocycles. The molecule has 0 aliphatic heterocycles. The van der Waals surface area contributed by atoms with E-state index in [4.69, 9.17) is 5.73 Å². The first-order chi connectivity index (χ1) is 10.8. The number of nitrogens with one attached hydrogen (secondary N) is 1. The summed E-state index contributed by atoms with van der Waals surface area (Å²) in [6, 6.07) is 18.9. The van der Waals surface area contributed by atoms with E-state index in [1.165, 1.54) is 0 Å². The van der Waals surface area contributed by atoms with Crippen LogP contribution in [0.25, 0.3) is 0 Å². The van der Waals surface area contributed by atoms with E-state index in [1.807, 2.05) is 60.7 Å². The minimum atomic E-state index is -0.0253. The van der Waals surface area contributed by atoms with Crippen molar-refractivity contribution in [1.29, 1.82) is 0 Å². The van der Waals surface area contributed by atoms with Crippen LogP contribution in [0.15, 0.2) is 76.2 Å². The largest absolute Gasteiger partial charge is 0.367 e. The minimum absolute atomic E-state index is 0.0253. The van der Waals surface area contributed by atoms with Crippen molar-refractivity contribution >= 4 is 12.2 Å². The zero-order valence-corrected chi connectivity index (χ0v) is 11.8. The van der Waals surface area contributed by atoms with Gasteiger partial charge < -0.3 is 5.73 Å². The maximum Gasteiger partial charge on any atom is 0.234 e. The monoisotopic (exact) mass is 296 g/mol. The summed E-state index contributed by atoms with van der Waals surface area (Å²) in [5, 5.41) is 11.5. The van der Waals surface area contributed by atoms with Gasteiger partial charge in [0.1, 0.15) is 0 Å². The average Bonchev–Trinajstić information content (AvgIpc) is 2.56. The van der Waals surface area contributed by atoms with Crippen molar-refractivity contribution in [3.8, 4) is 0 Å². The fraction of sp³-hybridized carbons (Fsp3) is 0.0667. The van der Waals surface area contributed by atoms with E-state index in [9.17, 15) is 4.91 Å². The van der Waals surface area contributed by atoms with Gasteiger partial charge in [-0.15, -0.1) is 10.0 Å². The number of rotatable bonds is 6. The molecule has 0 atom stereocenters. The number of hydrogen-bond donors (Lipinski definition) is 2. The lowest BCUT2D eigenvalue weighted by Crippen LogP contribution is -2.42. The summed E-state index contributed by atoms with van der Waals surface area (Å²) < 4.78 is 0. The van der Waals surface area contributed by atoms with Crippen molar-refractivity contribution in [3.05, 3.63) is 76.7 Å². The normalized spacial score (nSPS) is 11.4. The molecule has 0 aromatic heterocycles. The molecule has 0 fully saturated rings. The molecule has 22 heavy (non-hydrogen) atoms. The molecule has 0 saturated carbocycles. The molecule has 0 spiro atoms. The first-order valence-electron chi connectivity index (χ1n) is 6.61. The third kappa shape index (κ3) is 5.04. The predicted molar refractivity (Wildman–Crippen MR) is 86.6 cm³/mol. The van der Waals surface area contributed by atoms with Gasteiger partial charge in [0.05, 0.1) is 18.0 Å². The molecular weight excluding hydrogens is 280 g/mol. The molecule has 3 N–H and O–H groups in total. The molecular formula is C15H16N6O. The van der Waals surface area contributed by atoms with Crippen molar-refractivity contribution in [2.24, 2.45) is 21.2 Å². The second-order valence-electron chi connectivity index (χ2n) is 4.38. The predicted octanol–water partition coefficient (Wildman–Crippen LogP) is 2.02. The van der Waals surface area contributed by atoms with Gasteiger partial charge in [-0.3, -0.25) is 0 Å². The van der Waals surface area contributed by atoms with Gasteiger partial charge in [-0.2, -0.15) is 10.2 Å². The molecule has 0 bridgehead atoms. The Hall–Kier alpha value is -3.22. The number of nitroso groups, excluding NO2 is 1. The molecule has 112 valence electrons. The van der Waals surface area contributed by atoms with Crippen LogP contribution >= 0.6 is 0 Å². The summed E-state index contributed by atoms with van der Waals surface area (Å²) >= 11 is 0. The van der Waals surface area contributed by atoms with Crippen LogP contribution in [0.2, 0.25) is 0 Å². The summed E-state index contributed by atoms with van der Waals surface area (Å²) in [5.74, 6) is -0.0253. The second kappa shape index (κ2) is 8.15. The van der Waals surface area contributed by atoms with E-state index >= 15 is 0 Å². The minimum Gasteiger partial charge on any atom is -0.367 e. The smallest absolute Gasteiger partial charge is 0.234 e. The number of hydrogen-bond acceptors (Lipinski definition) is 4. The van der Waals surface area contributed by atoms with Crippen LogP contribution in [-0.2, 0) is 6.54 Å². The molecule has 2 rings (SSSR count). The van der Waals surface area contributed by atoms with Gasteiger partial charge in [0.2, 0.25) is 5.96 Å². The molecule has 2 aromatic rings. The van der Waals surface area contributed by atoms with Crippen LogP contribution < -0.4 is 11.2 Å². The first-order valence-corrected chi connectivity index (χ1v) is 6.61. The van der Waals surface area contributed by atoms with Crippen LogP contribution in [0.3, 0.4) is 0 Å². The lowest BCUT2D eigenvalue weighted by molar-refractivity contribution is 0.232. The zero-order chi connectivity index (χ0) is 15.6. The Bertz CT molecular complexity index is 642. The Balaban J connectivity index is 1.91. The highest BCUT2D eigenvalue weighted by Crippen LogP contribution is 2.02. The highest BCUT2D eigenvalue weighted by atomic mass is 16.3. The summed E-state index contributed by atoms with van der Waals surface area (Å²) in [7, 11) is 0. The van der Waals surface area contributed by atoms with Crippen molar-refractivity contribution < 1.29 is 0 Å². The maximum absolute atomic E-state index is 10.8. The van der Waals surface area contributed by atoms with Gasteiger partial charge in [0.25, 0.3) is 0 Å². The van der Waals surface area contributed by atoms with E-state index in [-0.39, 0.29) is 12.5 Å². The van der Waals surface area contributed by atoms with Crippen molar-refractivity contribution in [2.45, 2.75) is 6.54 Å². The molecule has 0 aliphatic rings. The Morgan fingerprint density at radius 2 is 1.73 bits per heavy atom. The molecule has 0 amide bonds. The zero-order valence-electron chi connectivity index (χ0n) is 11.8. The lowest BCUT2D eigenvalue weighted by atomic mass is 10.2. The molecule has 0 saturated heterocycles. The van der Waals surface area contributed by atoms with Crippen molar-refractivity contribution in [3.63, 3.8) is 0 Å². The number of guanidine groups is 1. The van der Waals surface area contributed by atoms with Gasteiger partial charge >= 0.3 is 0 Å². The molecule has 7 heteroatoms. The molecule has 0 radical (unpaired) electrons. The summed E-state index contributed by atoms with van der Waals surface area (Å²) in [6.07, 6.45) is 1.56. The topological polar surface area (TPSA) is 95.4 Å². The third-order valence-electron chi connectivity index (χ3n) is 2.69. The van der Waals surface area contributed by atoms with E-state index < -0.39 is 0 Å². The van der Waals surface area contributed by atoms with Crippen molar-refractivity contribution in [1.82, 2.24) is 10.5 Å². The Labute approximate surface area is 128 Å². The number of benzene rings is 2. The molecule has 0 heterocycles. The maximum atomic E-state index is 10.8. The van der Waals surface area contributed by atoms with E-state index in [2.05, 4.69) is 20.9 Å². The van der Waals surface area contributed by atoms with Crippen molar-refractivity contribution in [2.75, 3.05) is 0 Å². The number of nitrogens with two attached hydrogens (primary N) is 1. The SMILES string of the molecule is N/C(=N\N=Cc1ccccc1)NN(Cc1ccccc1)N=O. The van der Waals surface area contributed by atoms with Gasteiger partial charge in [0, 0.05) is 0 Å². The summed E-state index contributed by atoms with van der Waals surface area (Å²) in [4.78, 5) is 10.8. The summed E-state index contributed by atoms with van der Waals surface area (Å²) in [5.41, 5.74) is 10.0. The van der Waals surface area contributed by atoms with Crippen LogP contribution in [0.1, 0.15) is 11.1 Å². The highest BCUT2D eigenvalue weighted by Gasteiger charge is 2.04. The van der Waals surface area contributed by atoms with E-state index in [0.29, 0.717) is 0 Å².